The highest BCUT2D eigenvalue weighted by molar-refractivity contribution is 6.13. The van der Waals surface area contributed by atoms with Crippen molar-refractivity contribution >= 4 is 28.4 Å². The van der Waals surface area contributed by atoms with E-state index >= 15 is 0 Å². The first-order valence-corrected chi connectivity index (χ1v) is 9.24. The topological polar surface area (TPSA) is 71.1 Å². The molecular formula is C24H19N3O2. The average Bonchev–Trinajstić information content (AvgIpc) is 2.78. The number of hydrogen-bond donors (Lipinski definition) is 2. The summed E-state index contributed by atoms with van der Waals surface area (Å²) in [4.78, 5) is 29.5. The second-order valence-electron chi connectivity index (χ2n) is 6.55. The molecule has 2 N–H and O–H groups in total. The van der Waals surface area contributed by atoms with Crippen molar-refractivity contribution in [2.45, 2.75) is 0 Å². The zero-order valence-corrected chi connectivity index (χ0v) is 15.8. The van der Waals surface area contributed by atoms with Gasteiger partial charge in [0, 0.05) is 29.2 Å². The van der Waals surface area contributed by atoms with Crippen LogP contribution < -0.4 is 10.6 Å². The summed E-state index contributed by atoms with van der Waals surface area (Å²) in [5.74, 6) is -0.399. The molecule has 5 nitrogen and oxygen atoms in total. The molecule has 0 fully saturated rings. The molecule has 0 aliphatic rings. The van der Waals surface area contributed by atoms with Crippen LogP contribution >= 0.6 is 0 Å². The third kappa shape index (κ3) is 3.84. The molecule has 0 saturated carbocycles. The van der Waals surface area contributed by atoms with E-state index in [4.69, 9.17) is 4.98 Å². The number of para-hydroxylation sites is 1. The van der Waals surface area contributed by atoms with Crippen LogP contribution in [0.5, 0.6) is 0 Å². The Morgan fingerprint density at radius 2 is 1.48 bits per heavy atom. The molecule has 1 heterocycles. The predicted molar refractivity (Wildman–Crippen MR) is 115 cm³/mol. The Bertz CT molecular complexity index is 1190. The Labute approximate surface area is 168 Å². The van der Waals surface area contributed by atoms with Gasteiger partial charge in [-0.2, -0.15) is 0 Å². The average molecular weight is 381 g/mol. The molecule has 0 radical (unpaired) electrons. The number of aromatic nitrogens is 1. The highest BCUT2D eigenvalue weighted by Crippen LogP contribution is 2.25. The number of carbonyl (C=O) groups excluding carboxylic acids is 2. The first-order chi connectivity index (χ1) is 14.2. The fourth-order valence-corrected chi connectivity index (χ4v) is 3.17. The molecule has 3 aromatic carbocycles. The molecule has 0 aliphatic carbocycles. The largest absolute Gasteiger partial charge is 0.355 e. The Morgan fingerprint density at radius 3 is 2.21 bits per heavy atom. The summed E-state index contributed by atoms with van der Waals surface area (Å²) in [6.07, 6.45) is 0. The van der Waals surface area contributed by atoms with Crippen LogP contribution in [0.2, 0.25) is 0 Å². The first kappa shape index (κ1) is 18.4. The highest BCUT2D eigenvalue weighted by Gasteiger charge is 2.14. The van der Waals surface area contributed by atoms with Crippen molar-refractivity contribution in [3.05, 3.63) is 96.1 Å². The van der Waals surface area contributed by atoms with Gasteiger partial charge in [-0.15, -0.1) is 0 Å². The van der Waals surface area contributed by atoms with Gasteiger partial charge in [0.05, 0.1) is 16.8 Å². The maximum Gasteiger partial charge on any atom is 0.256 e. The fourth-order valence-electron chi connectivity index (χ4n) is 3.17. The van der Waals surface area contributed by atoms with Gasteiger partial charge >= 0.3 is 0 Å². The van der Waals surface area contributed by atoms with Crippen LogP contribution in [-0.4, -0.2) is 23.8 Å². The van der Waals surface area contributed by atoms with Crippen molar-refractivity contribution in [1.29, 1.82) is 0 Å². The van der Waals surface area contributed by atoms with Gasteiger partial charge in [0.2, 0.25) is 0 Å². The van der Waals surface area contributed by atoms with Crippen LogP contribution in [0.3, 0.4) is 0 Å². The molecule has 0 bridgehead atoms. The van der Waals surface area contributed by atoms with E-state index in [0.29, 0.717) is 16.8 Å². The number of rotatable bonds is 4. The summed E-state index contributed by atoms with van der Waals surface area (Å²) in [5, 5.41) is 6.27. The standard InChI is InChI=1S/C24H19N3O2/c1-25-23(28)17-11-13-18(14-12-17)26-24(29)20-15-22(16-7-3-2-4-8-16)27-21-10-6-5-9-19(20)21/h2-15H,1H3,(H,25,28)(H,26,29). The molecule has 0 atom stereocenters. The van der Waals surface area contributed by atoms with E-state index in [1.165, 1.54) is 0 Å². The highest BCUT2D eigenvalue weighted by atomic mass is 16.2. The predicted octanol–water partition coefficient (Wildman–Crippen LogP) is 4.51. The number of hydrogen-bond acceptors (Lipinski definition) is 3. The van der Waals surface area contributed by atoms with Crippen molar-refractivity contribution in [3.63, 3.8) is 0 Å². The summed E-state index contributed by atoms with van der Waals surface area (Å²) in [6.45, 7) is 0. The van der Waals surface area contributed by atoms with Crippen LogP contribution in [0.1, 0.15) is 20.7 Å². The van der Waals surface area contributed by atoms with Gasteiger partial charge in [0.1, 0.15) is 0 Å². The lowest BCUT2D eigenvalue weighted by atomic mass is 10.0. The van der Waals surface area contributed by atoms with Gasteiger partial charge in [-0.05, 0) is 36.4 Å². The van der Waals surface area contributed by atoms with E-state index in [9.17, 15) is 9.59 Å². The van der Waals surface area contributed by atoms with Crippen molar-refractivity contribution in [2.75, 3.05) is 12.4 Å². The fraction of sp³-hybridized carbons (Fsp3) is 0.0417. The van der Waals surface area contributed by atoms with Crippen molar-refractivity contribution in [1.82, 2.24) is 10.3 Å². The molecule has 2 amide bonds. The van der Waals surface area contributed by atoms with Crippen LogP contribution in [0.25, 0.3) is 22.2 Å². The lowest BCUT2D eigenvalue weighted by Gasteiger charge is -2.11. The Hall–Kier alpha value is -3.99. The minimum atomic E-state index is -0.228. The Kier molecular flexibility index (Phi) is 5.03. The summed E-state index contributed by atoms with van der Waals surface area (Å²) < 4.78 is 0. The van der Waals surface area contributed by atoms with E-state index in [2.05, 4.69) is 10.6 Å². The summed E-state index contributed by atoms with van der Waals surface area (Å²) in [6, 6.07) is 25.9. The van der Waals surface area contributed by atoms with E-state index in [1.807, 2.05) is 60.7 Å². The maximum atomic E-state index is 13.1. The molecule has 142 valence electrons. The van der Waals surface area contributed by atoms with Crippen molar-refractivity contribution < 1.29 is 9.59 Å². The Morgan fingerprint density at radius 1 is 0.793 bits per heavy atom. The van der Waals surface area contributed by atoms with Gasteiger partial charge in [0.15, 0.2) is 0 Å². The molecule has 5 heteroatoms. The normalized spacial score (nSPS) is 10.5. The molecule has 4 aromatic rings. The number of carbonyl (C=O) groups is 2. The van der Waals surface area contributed by atoms with Crippen LogP contribution in [-0.2, 0) is 0 Å². The monoisotopic (exact) mass is 381 g/mol. The number of nitrogens with one attached hydrogen (secondary N) is 2. The lowest BCUT2D eigenvalue weighted by Crippen LogP contribution is -2.18. The van der Waals surface area contributed by atoms with Crippen molar-refractivity contribution in [2.24, 2.45) is 0 Å². The lowest BCUT2D eigenvalue weighted by molar-refractivity contribution is 0.0962. The minimum absolute atomic E-state index is 0.171. The molecule has 4 rings (SSSR count). The minimum Gasteiger partial charge on any atom is -0.355 e. The molecule has 29 heavy (non-hydrogen) atoms. The van der Waals surface area contributed by atoms with Gasteiger partial charge in [-0.25, -0.2) is 4.98 Å². The van der Waals surface area contributed by atoms with Crippen LogP contribution in [0.4, 0.5) is 5.69 Å². The van der Waals surface area contributed by atoms with Crippen molar-refractivity contribution in [3.8, 4) is 11.3 Å². The third-order valence-corrected chi connectivity index (χ3v) is 4.66. The zero-order valence-electron chi connectivity index (χ0n) is 15.8. The summed E-state index contributed by atoms with van der Waals surface area (Å²) >= 11 is 0. The summed E-state index contributed by atoms with van der Waals surface area (Å²) in [5.41, 5.74) is 4.14. The zero-order chi connectivity index (χ0) is 20.2. The number of anilines is 1. The molecule has 1 aromatic heterocycles. The second-order valence-corrected chi connectivity index (χ2v) is 6.55. The smallest absolute Gasteiger partial charge is 0.256 e. The molecule has 0 spiro atoms. The number of benzene rings is 3. The van der Waals surface area contributed by atoms with Gasteiger partial charge in [-0.1, -0.05) is 48.5 Å². The van der Waals surface area contributed by atoms with Gasteiger partial charge < -0.3 is 10.6 Å². The maximum absolute atomic E-state index is 13.1. The molecule has 0 saturated heterocycles. The number of amides is 2. The van der Waals surface area contributed by atoms with Gasteiger partial charge in [-0.3, -0.25) is 9.59 Å². The SMILES string of the molecule is CNC(=O)c1ccc(NC(=O)c2cc(-c3ccccc3)nc3ccccc23)cc1. The summed E-state index contributed by atoms with van der Waals surface area (Å²) in [7, 11) is 1.58. The van der Waals surface area contributed by atoms with Crippen LogP contribution in [0, 0.1) is 0 Å². The first-order valence-electron chi connectivity index (χ1n) is 9.24. The molecule has 0 unspecified atom stereocenters. The Balaban J connectivity index is 1.70. The van der Waals surface area contributed by atoms with E-state index in [1.54, 1.807) is 31.3 Å². The van der Waals surface area contributed by atoms with Crippen LogP contribution in [0.15, 0.2) is 84.9 Å². The number of fused-ring (bicyclic) bond motifs is 1. The second kappa shape index (κ2) is 7.94. The number of pyridine rings is 1. The third-order valence-electron chi connectivity index (χ3n) is 4.66. The molecular weight excluding hydrogens is 362 g/mol. The van der Waals surface area contributed by atoms with E-state index in [0.717, 1.165) is 22.2 Å². The van der Waals surface area contributed by atoms with E-state index in [-0.39, 0.29) is 11.8 Å². The quantitative estimate of drug-likeness (QED) is 0.546. The molecule has 0 aliphatic heterocycles. The number of nitrogens with zero attached hydrogens (tertiary/aromatic N) is 1. The van der Waals surface area contributed by atoms with E-state index < -0.39 is 0 Å². The van der Waals surface area contributed by atoms with Gasteiger partial charge in [0.25, 0.3) is 11.8 Å².